The lowest BCUT2D eigenvalue weighted by atomic mass is 10.1. The fourth-order valence-electron chi connectivity index (χ4n) is 2.13. The number of aromatic nitrogens is 2. The second kappa shape index (κ2) is 7.82. The van der Waals surface area contributed by atoms with Crippen LogP contribution < -0.4 is 10.0 Å². The highest BCUT2D eigenvalue weighted by atomic mass is 32.2. The van der Waals surface area contributed by atoms with E-state index in [4.69, 9.17) is 0 Å². The predicted molar refractivity (Wildman–Crippen MR) is 93.7 cm³/mol. The van der Waals surface area contributed by atoms with Crippen molar-refractivity contribution in [3.63, 3.8) is 0 Å². The molecule has 2 aromatic rings. The van der Waals surface area contributed by atoms with Crippen LogP contribution in [0.5, 0.6) is 0 Å². The highest BCUT2D eigenvalue weighted by Crippen LogP contribution is 2.21. The Morgan fingerprint density at radius 2 is 2.08 bits per heavy atom. The van der Waals surface area contributed by atoms with Gasteiger partial charge in [0.2, 0.25) is 9.47 Å². The zero-order valence-corrected chi connectivity index (χ0v) is 15.4. The summed E-state index contributed by atoms with van der Waals surface area (Å²) in [6.07, 6.45) is 1.60. The van der Waals surface area contributed by atoms with E-state index in [-0.39, 0.29) is 21.4 Å². The van der Waals surface area contributed by atoms with Gasteiger partial charge in [-0.1, -0.05) is 42.4 Å². The molecule has 0 bridgehead atoms. The highest BCUT2D eigenvalue weighted by Gasteiger charge is 2.22. The second-order valence-corrected chi connectivity index (χ2v) is 8.37. The van der Waals surface area contributed by atoms with Gasteiger partial charge in [-0.25, -0.2) is 13.1 Å². The number of carbonyl (C=O) groups is 1. The molecule has 0 aliphatic rings. The average Bonchev–Trinajstić information content (AvgIpc) is 2.96. The molecule has 1 aromatic carbocycles. The van der Waals surface area contributed by atoms with Gasteiger partial charge >= 0.3 is 0 Å². The van der Waals surface area contributed by atoms with Crippen molar-refractivity contribution in [3.8, 4) is 0 Å². The maximum atomic E-state index is 12.2. The van der Waals surface area contributed by atoms with Crippen molar-refractivity contribution in [3.05, 3.63) is 35.4 Å². The van der Waals surface area contributed by atoms with Crippen LogP contribution in [0.25, 0.3) is 0 Å². The van der Waals surface area contributed by atoms with Gasteiger partial charge in [0.15, 0.2) is 0 Å². The molecule has 0 aliphatic carbocycles. The van der Waals surface area contributed by atoms with Gasteiger partial charge < -0.3 is 0 Å². The van der Waals surface area contributed by atoms with Gasteiger partial charge in [-0.15, -0.1) is 10.2 Å². The normalized spacial score (nSPS) is 12.8. The molecule has 2 N–H and O–H groups in total. The van der Waals surface area contributed by atoms with E-state index in [0.717, 1.165) is 29.7 Å². The van der Waals surface area contributed by atoms with Crippen molar-refractivity contribution in [2.75, 3.05) is 5.32 Å². The molecule has 9 heteroatoms. The molecule has 0 saturated heterocycles. The first kappa shape index (κ1) is 18.5. The molecule has 1 atom stereocenters. The molecule has 0 fully saturated rings. The molecule has 0 unspecified atom stereocenters. The van der Waals surface area contributed by atoms with Gasteiger partial charge in [-0.05, 0) is 32.4 Å². The van der Waals surface area contributed by atoms with Gasteiger partial charge in [-0.2, -0.15) is 0 Å². The fraction of sp³-hybridized carbons (Fsp3) is 0.400. The first-order chi connectivity index (χ1) is 11.3. The number of sulfonamides is 1. The Morgan fingerprint density at radius 1 is 1.33 bits per heavy atom. The van der Waals surface area contributed by atoms with Gasteiger partial charge in [-0.3, -0.25) is 10.1 Å². The predicted octanol–water partition coefficient (Wildman–Crippen LogP) is 2.57. The maximum absolute atomic E-state index is 12.2. The van der Waals surface area contributed by atoms with Crippen molar-refractivity contribution >= 4 is 32.4 Å². The molecule has 24 heavy (non-hydrogen) atoms. The molecule has 1 amide bonds. The zero-order valence-electron chi connectivity index (χ0n) is 13.7. The summed E-state index contributed by atoms with van der Waals surface area (Å²) < 4.78 is 26.8. The minimum absolute atomic E-state index is 0.144. The summed E-state index contributed by atoms with van der Waals surface area (Å²) in [5.41, 5.74) is 1.43. The summed E-state index contributed by atoms with van der Waals surface area (Å²) in [5, 5.41) is 10.1. The smallest absolute Gasteiger partial charge is 0.270 e. The van der Waals surface area contributed by atoms with E-state index in [0.29, 0.717) is 5.56 Å². The average molecular weight is 368 g/mol. The molecule has 0 radical (unpaired) electrons. The minimum atomic E-state index is -3.72. The van der Waals surface area contributed by atoms with E-state index in [9.17, 15) is 13.2 Å². The highest BCUT2D eigenvalue weighted by molar-refractivity contribution is 7.91. The van der Waals surface area contributed by atoms with Gasteiger partial charge in [0, 0.05) is 11.6 Å². The van der Waals surface area contributed by atoms with Crippen LogP contribution in [0.2, 0.25) is 0 Å². The summed E-state index contributed by atoms with van der Waals surface area (Å²) in [7, 11) is -3.72. The number of carbonyl (C=O) groups excluding carboxylic acids is 1. The molecule has 1 aromatic heterocycles. The van der Waals surface area contributed by atoms with Crippen LogP contribution in [-0.4, -0.2) is 30.6 Å². The Kier molecular flexibility index (Phi) is 6.03. The molecule has 0 saturated carbocycles. The van der Waals surface area contributed by atoms with E-state index in [1.807, 2.05) is 19.9 Å². The van der Waals surface area contributed by atoms with E-state index in [1.54, 1.807) is 25.1 Å². The molecule has 0 aliphatic heterocycles. The van der Waals surface area contributed by atoms with Crippen molar-refractivity contribution in [2.24, 2.45) is 0 Å². The summed E-state index contributed by atoms with van der Waals surface area (Å²) >= 11 is 0.822. The Balaban J connectivity index is 2.09. The lowest BCUT2D eigenvalue weighted by Crippen LogP contribution is -2.32. The first-order valence-corrected chi connectivity index (χ1v) is 9.85. The third kappa shape index (κ3) is 4.83. The summed E-state index contributed by atoms with van der Waals surface area (Å²) in [5.74, 6) is -0.355. The third-order valence-electron chi connectivity index (χ3n) is 3.22. The van der Waals surface area contributed by atoms with E-state index in [1.165, 1.54) is 0 Å². The monoisotopic (exact) mass is 368 g/mol. The topological polar surface area (TPSA) is 101 Å². The Labute approximate surface area is 145 Å². The van der Waals surface area contributed by atoms with E-state index in [2.05, 4.69) is 20.2 Å². The van der Waals surface area contributed by atoms with Crippen molar-refractivity contribution < 1.29 is 13.2 Å². The summed E-state index contributed by atoms with van der Waals surface area (Å²) in [6, 6.07) is 6.89. The summed E-state index contributed by atoms with van der Waals surface area (Å²) in [6.45, 7) is 5.66. The molecular formula is C15H20N4O3S2. The summed E-state index contributed by atoms with van der Waals surface area (Å²) in [4.78, 5) is 12.2. The Bertz CT molecular complexity index is 818. The number of nitrogens with one attached hydrogen (secondary N) is 2. The van der Waals surface area contributed by atoms with Crippen molar-refractivity contribution in [1.29, 1.82) is 0 Å². The van der Waals surface area contributed by atoms with E-state index < -0.39 is 10.0 Å². The lowest BCUT2D eigenvalue weighted by molar-refractivity contribution is 0.102. The number of aryl methyl sites for hydroxylation is 1. The molecule has 7 nitrogen and oxygen atoms in total. The molecule has 1 heterocycles. The van der Waals surface area contributed by atoms with Crippen molar-refractivity contribution in [2.45, 2.75) is 44.0 Å². The Hall–Kier alpha value is -1.84. The van der Waals surface area contributed by atoms with Crippen LogP contribution in [0.1, 0.15) is 42.6 Å². The fourth-order valence-corrected chi connectivity index (χ4v) is 4.32. The Morgan fingerprint density at radius 3 is 2.75 bits per heavy atom. The maximum Gasteiger partial charge on any atom is 0.270 e. The van der Waals surface area contributed by atoms with Crippen LogP contribution in [0, 0.1) is 6.92 Å². The van der Waals surface area contributed by atoms with Gasteiger partial charge in [0.25, 0.3) is 15.9 Å². The van der Waals surface area contributed by atoms with Crippen LogP contribution in [0.15, 0.2) is 28.6 Å². The van der Waals surface area contributed by atoms with Crippen molar-refractivity contribution in [1.82, 2.24) is 14.9 Å². The van der Waals surface area contributed by atoms with Crippen LogP contribution >= 0.6 is 11.3 Å². The van der Waals surface area contributed by atoms with Crippen LogP contribution in [-0.2, 0) is 10.0 Å². The standard InChI is InChI=1S/C15H20N4O3S2/c1-4-6-11(3)19-24(21,22)15-18-17-14(23-15)16-13(20)12-8-5-7-10(2)9-12/h5,7-9,11,19H,4,6H2,1-3H3,(H,16,17,20)/t11-/m1/s1. The molecule has 130 valence electrons. The van der Waals surface area contributed by atoms with Gasteiger partial charge in [0.05, 0.1) is 0 Å². The number of nitrogens with zero attached hydrogens (tertiary/aromatic N) is 2. The van der Waals surface area contributed by atoms with Crippen LogP contribution in [0.4, 0.5) is 5.13 Å². The van der Waals surface area contributed by atoms with Crippen LogP contribution in [0.3, 0.4) is 0 Å². The number of hydrogen-bond acceptors (Lipinski definition) is 6. The number of hydrogen-bond donors (Lipinski definition) is 2. The SMILES string of the molecule is CCC[C@@H](C)NS(=O)(=O)c1nnc(NC(=O)c2cccc(C)c2)s1. The quantitative estimate of drug-likeness (QED) is 0.732. The number of benzene rings is 1. The minimum Gasteiger partial charge on any atom is -0.296 e. The zero-order chi connectivity index (χ0) is 17.7. The lowest BCUT2D eigenvalue weighted by Gasteiger charge is -2.10. The first-order valence-electron chi connectivity index (χ1n) is 7.55. The van der Waals surface area contributed by atoms with E-state index >= 15 is 0 Å². The molecule has 2 rings (SSSR count). The second-order valence-electron chi connectivity index (χ2n) is 5.51. The third-order valence-corrected chi connectivity index (χ3v) is 6.01. The van der Waals surface area contributed by atoms with Gasteiger partial charge in [0.1, 0.15) is 0 Å². The molecular weight excluding hydrogens is 348 g/mol. The number of amides is 1. The number of rotatable bonds is 7. The largest absolute Gasteiger partial charge is 0.296 e. The molecule has 0 spiro atoms. The number of anilines is 1.